The number of halogens is 3. The number of imidazole rings is 1. The van der Waals surface area contributed by atoms with Crippen LogP contribution in [0.1, 0.15) is 30.2 Å². The molecule has 2 aromatic heterocycles. The smallest absolute Gasteiger partial charge is 0.199 e. The van der Waals surface area contributed by atoms with Crippen LogP contribution in [0.4, 0.5) is 13.2 Å². The van der Waals surface area contributed by atoms with Crippen LogP contribution in [0.2, 0.25) is 0 Å². The lowest BCUT2D eigenvalue weighted by Crippen LogP contribution is -2.12. The molecule has 0 bridgehead atoms. The van der Waals surface area contributed by atoms with Gasteiger partial charge in [-0.2, -0.15) is 10.4 Å². The lowest BCUT2D eigenvalue weighted by Gasteiger charge is -2.13. The Labute approximate surface area is 158 Å². The van der Waals surface area contributed by atoms with Gasteiger partial charge in [0.05, 0.1) is 28.4 Å². The van der Waals surface area contributed by atoms with Crippen molar-refractivity contribution in [1.82, 2.24) is 19.3 Å². The lowest BCUT2D eigenvalue weighted by atomic mass is 10.2. The van der Waals surface area contributed by atoms with E-state index in [1.807, 2.05) is 13.0 Å². The van der Waals surface area contributed by atoms with E-state index in [0.717, 1.165) is 22.9 Å². The molecule has 140 valence electrons. The van der Waals surface area contributed by atoms with Gasteiger partial charge in [0.1, 0.15) is 17.3 Å². The number of hydrogen-bond acceptors (Lipinski definition) is 3. The van der Waals surface area contributed by atoms with E-state index in [0.29, 0.717) is 23.1 Å². The maximum absolute atomic E-state index is 15.5. The first-order valence-electron chi connectivity index (χ1n) is 8.57. The van der Waals surface area contributed by atoms with Crippen LogP contribution in [0.3, 0.4) is 0 Å². The minimum absolute atomic E-state index is 0.0232. The van der Waals surface area contributed by atoms with Gasteiger partial charge in [0.15, 0.2) is 12.0 Å². The minimum atomic E-state index is -1.73. The van der Waals surface area contributed by atoms with Crippen LogP contribution < -0.4 is 0 Å². The molecule has 1 unspecified atom stereocenters. The zero-order valence-corrected chi connectivity index (χ0v) is 14.8. The van der Waals surface area contributed by atoms with E-state index in [9.17, 15) is 8.78 Å². The van der Waals surface area contributed by atoms with Gasteiger partial charge in [-0.3, -0.25) is 0 Å². The molecule has 0 amide bonds. The van der Waals surface area contributed by atoms with Crippen LogP contribution >= 0.6 is 0 Å². The number of aryl methyl sites for hydroxylation is 1. The molecular weight excluding hydrogens is 367 g/mol. The van der Waals surface area contributed by atoms with Gasteiger partial charge < -0.3 is 4.57 Å². The molecule has 0 aliphatic carbocycles. The fraction of sp³-hybridized carbons (Fsp3) is 0.150. The Balaban J connectivity index is 1.86. The second-order valence-corrected chi connectivity index (χ2v) is 6.16. The molecule has 4 aromatic rings. The highest BCUT2D eigenvalue weighted by Crippen LogP contribution is 2.31. The summed E-state index contributed by atoms with van der Waals surface area (Å²) in [6.45, 7) is 2.29. The number of hydrogen-bond donors (Lipinski definition) is 0. The summed E-state index contributed by atoms with van der Waals surface area (Å²) in [6.07, 6.45) is -0.415. The van der Waals surface area contributed by atoms with Gasteiger partial charge in [-0.25, -0.2) is 22.8 Å². The Morgan fingerprint density at radius 2 is 1.96 bits per heavy atom. The van der Waals surface area contributed by atoms with Crippen molar-refractivity contribution in [3.8, 4) is 11.8 Å². The Bertz CT molecular complexity index is 1220. The second-order valence-electron chi connectivity index (χ2n) is 6.16. The van der Waals surface area contributed by atoms with Crippen molar-refractivity contribution in [3.63, 3.8) is 0 Å². The van der Waals surface area contributed by atoms with Crippen LogP contribution in [-0.4, -0.2) is 19.3 Å². The molecular formula is C20H14F3N5. The molecule has 0 saturated carbocycles. The van der Waals surface area contributed by atoms with Crippen LogP contribution in [0.5, 0.6) is 0 Å². The van der Waals surface area contributed by atoms with Gasteiger partial charge in [-0.05, 0) is 43.3 Å². The average Bonchev–Trinajstić information content (AvgIpc) is 3.33. The third-order valence-electron chi connectivity index (χ3n) is 4.52. The molecule has 0 aliphatic heterocycles. The summed E-state index contributed by atoms with van der Waals surface area (Å²) >= 11 is 0. The zero-order chi connectivity index (χ0) is 19.8. The summed E-state index contributed by atoms with van der Waals surface area (Å²) in [5.41, 5.74) is 1.43. The van der Waals surface area contributed by atoms with E-state index >= 15 is 4.39 Å². The monoisotopic (exact) mass is 381 g/mol. The highest BCUT2D eigenvalue weighted by Gasteiger charge is 2.26. The molecule has 1 atom stereocenters. The molecule has 0 fully saturated rings. The first-order chi connectivity index (χ1) is 13.5. The SMILES string of the molecule is CCn1c(C(F)c2ccnn2-c2cc(F)ccc2F)nc2cc(C#N)ccc21. The van der Waals surface area contributed by atoms with Crippen LogP contribution in [0, 0.1) is 23.0 Å². The lowest BCUT2D eigenvalue weighted by molar-refractivity contribution is 0.358. The van der Waals surface area contributed by atoms with E-state index in [1.54, 1.807) is 22.8 Å². The highest BCUT2D eigenvalue weighted by molar-refractivity contribution is 5.78. The molecule has 0 aliphatic rings. The molecule has 0 radical (unpaired) electrons. The fourth-order valence-electron chi connectivity index (χ4n) is 3.23. The normalized spacial score (nSPS) is 12.2. The van der Waals surface area contributed by atoms with Crippen LogP contribution in [-0.2, 0) is 6.54 Å². The van der Waals surface area contributed by atoms with Gasteiger partial charge in [0.2, 0.25) is 0 Å². The Morgan fingerprint density at radius 1 is 1.14 bits per heavy atom. The van der Waals surface area contributed by atoms with Crippen molar-refractivity contribution >= 4 is 11.0 Å². The van der Waals surface area contributed by atoms with Crippen molar-refractivity contribution < 1.29 is 13.2 Å². The quantitative estimate of drug-likeness (QED) is 0.525. The topological polar surface area (TPSA) is 59.4 Å². The zero-order valence-electron chi connectivity index (χ0n) is 14.8. The number of nitriles is 1. The summed E-state index contributed by atoms with van der Waals surface area (Å²) in [7, 11) is 0. The second kappa shape index (κ2) is 6.85. The minimum Gasteiger partial charge on any atom is -0.325 e. The first kappa shape index (κ1) is 17.8. The van der Waals surface area contributed by atoms with Gasteiger partial charge in [0, 0.05) is 18.8 Å². The Hall–Kier alpha value is -3.60. The summed E-state index contributed by atoms with van der Waals surface area (Å²) in [5.74, 6) is -1.27. The number of aromatic nitrogens is 4. The number of fused-ring (bicyclic) bond motifs is 1. The van der Waals surface area contributed by atoms with Gasteiger partial charge in [0.25, 0.3) is 0 Å². The van der Waals surface area contributed by atoms with E-state index in [1.165, 1.54) is 12.3 Å². The highest BCUT2D eigenvalue weighted by atomic mass is 19.1. The van der Waals surface area contributed by atoms with Crippen molar-refractivity contribution in [2.24, 2.45) is 0 Å². The number of rotatable bonds is 4. The van der Waals surface area contributed by atoms with E-state index in [4.69, 9.17) is 5.26 Å². The fourth-order valence-corrected chi connectivity index (χ4v) is 3.23. The van der Waals surface area contributed by atoms with Gasteiger partial charge >= 0.3 is 0 Å². The molecule has 0 saturated heterocycles. The number of alkyl halides is 1. The number of benzene rings is 2. The standard InChI is InChI=1S/C20H14F3N5/c1-2-27-16-6-3-12(11-24)9-15(16)26-20(27)19(23)17-7-8-25-28(17)18-10-13(21)4-5-14(18)22/h3-10,19H,2H2,1H3. The maximum atomic E-state index is 15.5. The Morgan fingerprint density at radius 3 is 2.71 bits per heavy atom. The summed E-state index contributed by atoms with van der Waals surface area (Å²) in [4.78, 5) is 4.35. The molecule has 4 rings (SSSR count). The summed E-state index contributed by atoms with van der Waals surface area (Å²) < 4.78 is 46.0. The van der Waals surface area contributed by atoms with Crippen molar-refractivity contribution in [2.45, 2.75) is 19.6 Å². The Kier molecular flexibility index (Phi) is 4.35. The molecule has 0 spiro atoms. The molecule has 28 heavy (non-hydrogen) atoms. The van der Waals surface area contributed by atoms with Crippen LogP contribution in [0.15, 0.2) is 48.7 Å². The largest absolute Gasteiger partial charge is 0.325 e. The van der Waals surface area contributed by atoms with E-state index < -0.39 is 17.8 Å². The number of nitrogens with zero attached hydrogens (tertiary/aromatic N) is 5. The van der Waals surface area contributed by atoms with E-state index in [-0.39, 0.29) is 17.2 Å². The summed E-state index contributed by atoms with van der Waals surface area (Å²) in [5, 5.41) is 13.0. The average molecular weight is 381 g/mol. The molecule has 2 aromatic carbocycles. The third-order valence-corrected chi connectivity index (χ3v) is 4.52. The molecule has 5 nitrogen and oxygen atoms in total. The molecule has 2 heterocycles. The van der Waals surface area contributed by atoms with Gasteiger partial charge in [-0.1, -0.05) is 0 Å². The predicted molar refractivity (Wildman–Crippen MR) is 96.6 cm³/mol. The third kappa shape index (κ3) is 2.81. The van der Waals surface area contributed by atoms with Crippen molar-refractivity contribution in [2.75, 3.05) is 0 Å². The molecule has 8 heteroatoms. The summed E-state index contributed by atoms with van der Waals surface area (Å²) in [6, 6.07) is 11.3. The van der Waals surface area contributed by atoms with Crippen LogP contribution in [0.25, 0.3) is 16.7 Å². The van der Waals surface area contributed by atoms with Crippen molar-refractivity contribution in [1.29, 1.82) is 5.26 Å². The molecule has 0 N–H and O–H groups in total. The first-order valence-corrected chi connectivity index (χ1v) is 8.57. The predicted octanol–water partition coefficient (Wildman–Crippen LogP) is 4.45. The van der Waals surface area contributed by atoms with Gasteiger partial charge in [-0.15, -0.1) is 0 Å². The maximum Gasteiger partial charge on any atom is 0.199 e. The van der Waals surface area contributed by atoms with E-state index in [2.05, 4.69) is 10.1 Å². The van der Waals surface area contributed by atoms with Crippen molar-refractivity contribution in [3.05, 3.63) is 77.4 Å².